The highest BCUT2D eigenvalue weighted by atomic mass is 32.1. The van der Waals surface area contributed by atoms with Crippen LogP contribution in [-0.2, 0) is 0 Å². The molecule has 12 aromatic rings. The predicted octanol–water partition coefficient (Wildman–Crippen LogP) is 16.8. The number of para-hydroxylation sites is 3. The standard InChI is InChI=1S/C58H38N2S/c1-3-18-39(19-4-1)44-29-14-20-40-21-15-31-47(56(40)44)46-26-7-10-32-50(46)60(53-35-17-37-55-58(53)49-28-9-12-36-54(49)61-55)43-25-13-22-41(38-43)45-30-16-34-52-57(45)48-27-8-11-33-51(48)59(52)42-23-5-2-6-24-42/h1-38H. The van der Waals surface area contributed by atoms with E-state index in [0.29, 0.717) is 0 Å². The van der Waals surface area contributed by atoms with Gasteiger partial charge in [0.15, 0.2) is 0 Å². The smallest absolute Gasteiger partial charge is 0.0555 e. The van der Waals surface area contributed by atoms with E-state index in [1.54, 1.807) is 0 Å². The molecule has 61 heavy (non-hydrogen) atoms. The second kappa shape index (κ2) is 14.5. The van der Waals surface area contributed by atoms with Crippen LogP contribution >= 0.6 is 11.3 Å². The average molecular weight is 795 g/mol. The Labute approximate surface area is 358 Å². The van der Waals surface area contributed by atoms with Crippen molar-refractivity contribution >= 4 is 81.1 Å². The Morgan fingerprint density at radius 1 is 0.344 bits per heavy atom. The number of thiophene rings is 1. The van der Waals surface area contributed by atoms with Crippen LogP contribution in [0, 0.1) is 0 Å². The van der Waals surface area contributed by atoms with Crippen LogP contribution in [-0.4, -0.2) is 4.57 Å². The number of aromatic nitrogens is 1. The summed E-state index contributed by atoms with van der Waals surface area (Å²) in [7, 11) is 0. The number of nitrogens with zero attached hydrogens (tertiary/aromatic N) is 2. The molecule has 0 N–H and O–H groups in total. The van der Waals surface area contributed by atoms with Gasteiger partial charge in [0.25, 0.3) is 0 Å². The molecule has 0 saturated heterocycles. The van der Waals surface area contributed by atoms with Gasteiger partial charge in [-0.25, -0.2) is 0 Å². The Hall–Kier alpha value is -7.72. The second-order valence-corrected chi connectivity index (χ2v) is 16.7. The normalized spacial score (nSPS) is 11.6. The minimum atomic E-state index is 1.10. The predicted molar refractivity (Wildman–Crippen MR) is 262 cm³/mol. The van der Waals surface area contributed by atoms with Gasteiger partial charge in [0.2, 0.25) is 0 Å². The molecule has 2 nitrogen and oxygen atoms in total. The van der Waals surface area contributed by atoms with Gasteiger partial charge in [-0.3, -0.25) is 0 Å². The Morgan fingerprint density at radius 2 is 0.918 bits per heavy atom. The maximum atomic E-state index is 2.51. The topological polar surface area (TPSA) is 8.17 Å². The molecule has 12 rings (SSSR count). The minimum Gasteiger partial charge on any atom is -0.309 e. The maximum absolute atomic E-state index is 2.51. The van der Waals surface area contributed by atoms with Gasteiger partial charge in [-0.2, -0.15) is 0 Å². The number of anilines is 3. The average Bonchev–Trinajstić information content (AvgIpc) is 3.89. The van der Waals surface area contributed by atoms with Gasteiger partial charge < -0.3 is 9.47 Å². The molecule has 0 bridgehead atoms. The molecule has 286 valence electrons. The van der Waals surface area contributed by atoms with Crippen LogP contribution in [0.4, 0.5) is 17.1 Å². The highest BCUT2D eigenvalue weighted by Gasteiger charge is 2.24. The molecule has 0 saturated carbocycles. The fraction of sp³-hybridized carbons (Fsp3) is 0. The summed E-state index contributed by atoms with van der Waals surface area (Å²) in [4.78, 5) is 2.51. The molecule has 0 radical (unpaired) electrons. The molecule has 2 heterocycles. The lowest BCUT2D eigenvalue weighted by atomic mass is 9.90. The van der Waals surface area contributed by atoms with Gasteiger partial charge >= 0.3 is 0 Å². The Bertz CT molecular complexity index is 3590. The van der Waals surface area contributed by atoms with Crippen molar-refractivity contribution in [3.05, 3.63) is 231 Å². The zero-order valence-electron chi connectivity index (χ0n) is 33.2. The van der Waals surface area contributed by atoms with Crippen LogP contribution < -0.4 is 4.90 Å². The molecular weight excluding hydrogens is 757 g/mol. The summed E-state index contributed by atoms with van der Waals surface area (Å²) in [6.45, 7) is 0. The highest BCUT2D eigenvalue weighted by Crippen LogP contribution is 2.49. The van der Waals surface area contributed by atoms with Gasteiger partial charge in [0, 0.05) is 47.9 Å². The van der Waals surface area contributed by atoms with Gasteiger partial charge in [-0.05, 0) is 99.3 Å². The molecule has 0 unspecified atom stereocenters. The van der Waals surface area contributed by atoms with Gasteiger partial charge in [-0.15, -0.1) is 11.3 Å². The summed E-state index contributed by atoms with van der Waals surface area (Å²) in [5.74, 6) is 0. The van der Waals surface area contributed by atoms with Crippen molar-refractivity contribution in [2.45, 2.75) is 0 Å². The Balaban J connectivity index is 1.13. The number of hydrogen-bond acceptors (Lipinski definition) is 2. The van der Waals surface area contributed by atoms with Gasteiger partial charge in [0.1, 0.15) is 0 Å². The summed E-state index contributed by atoms with van der Waals surface area (Å²) in [6.07, 6.45) is 0. The van der Waals surface area contributed by atoms with Crippen LogP contribution in [0.15, 0.2) is 231 Å². The van der Waals surface area contributed by atoms with Crippen molar-refractivity contribution < 1.29 is 0 Å². The molecule has 0 spiro atoms. The quantitative estimate of drug-likeness (QED) is 0.156. The van der Waals surface area contributed by atoms with Crippen LogP contribution in [0.3, 0.4) is 0 Å². The minimum absolute atomic E-state index is 1.10. The first kappa shape index (κ1) is 35.2. The third-order valence-electron chi connectivity index (χ3n) is 12.2. The number of benzene rings is 10. The lowest BCUT2D eigenvalue weighted by Crippen LogP contribution is -2.12. The zero-order valence-corrected chi connectivity index (χ0v) is 34.1. The summed E-state index contributed by atoms with van der Waals surface area (Å²) < 4.78 is 4.96. The summed E-state index contributed by atoms with van der Waals surface area (Å²) in [6, 6.07) is 84.2. The molecular formula is C58H38N2S. The molecule has 3 heteroatoms. The Kier molecular flexibility index (Phi) is 8.39. The van der Waals surface area contributed by atoms with E-state index in [0.717, 1.165) is 22.7 Å². The molecule has 0 atom stereocenters. The molecule has 2 aromatic heterocycles. The maximum Gasteiger partial charge on any atom is 0.0555 e. The largest absolute Gasteiger partial charge is 0.309 e. The number of fused-ring (bicyclic) bond motifs is 7. The van der Waals surface area contributed by atoms with Crippen molar-refractivity contribution in [3.8, 4) is 39.1 Å². The van der Waals surface area contributed by atoms with E-state index in [4.69, 9.17) is 0 Å². The lowest BCUT2D eigenvalue weighted by Gasteiger charge is -2.29. The van der Waals surface area contributed by atoms with Crippen molar-refractivity contribution in [3.63, 3.8) is 0 Å². The van der Waals surface area contributed by atoms with Gasteiger partial charge in [0.05, 0.1) is 22.4 Å². The molecule has 10 aromatic carbocycles. The second-order valence-electron chi connectivity index (χ2n) is 15.6. The molecule has 0 aliphatic heterocycles. The number of rotatable bonds is 7. The van der Waals surface area contributed by atoms with E-state index in [-0.39, 0.29) is 0 Å². The molecule has 0 aliphatic rings. The zero-order chi connectivity index (χ0) is 40.3. The van der Waals surface area contributed by atoms with Crippen molar-refractivity contribution in [1.82, 2.24) is 4.57 Å². The fourth-order valence-corrected chi connectivity index (χ4v) is 10.7. The fourth-order valence-electron chi connectivity index (χ4n) is 9.60. The van der Waals surface area contributed by atoms with Crippen molar-refractivity contribution in [2.75, 3.05) is 4.90 Å². The summed E-state index contributed by atoms with van der Waals surface area (Å²) in [5, 5.41) is 7.49. The first-order valence-electron chi connectivity index (χ1n) is 20.9. The van der Waals surface area contributed by atoms with E-state index >= 15 is 0 Å². The van der Waals surface area contributed by atoms with E-state index in [9.17, 15) is 0 Å². The number of hydrogen-bond donors (Lipinski definition) is 0. The van der Waals surface area contributed by atoms with Crippen LogP contribution in [0.1, 0.15) is 0 Å². The molecule has 0 amide bonds. The Morgan fingerprint density at radius 3 is 1.77 bits per heavy atom. The van der Waals surface area contributed by atoms with E-state index in [1.165, 1.54) is 86.1 Å². The summed E-state index contributed by atoms with van der Waals surface area (Å²) >= 11 is 1.86. The van der Waals surface area contributed by atoms with Crippen molar-refractivity contribution in [1.29, 1.82) is 0 Å². The van der Waals surface area contributed by atoms with E-state index in [2.05, 4.69) is 240 Å². The van der Waals surface area contributed by atoms with Crippen LogP contribution in [0.5, 0.6) is 0 Å². The first-order chi connectivity index (χ1) is 30.3. The highest BCUT2D eigenvalue weighted by molar-refractivity contribution is 7.26. The third kappa shape index (κ3) is 5.78. The first-order valence-corrected chi connectivity index (χ1v) is 21.7. The summed E-state index contributed by atoms with van der Waals surface area (Å²) in [5.41, 5.74) is 14.1. The van der Waals surface area contributed by atoms with Crippen molar-refractivity contribution in [2.24, 2.45) is 0 Å². The monoisotopic (exact) mass is 794 g/mol. The molecule has 0 aliphatic carbocycles. The van der Waals surface area contributed by atoms with Crippen LogP contribution in [0.25, 0.3) is 91.8 Å². The van der Waals surface area contributed by atoms with Crippen LogP contribution in [0.2, 0.25) is 0 Å². The van der Waals surface area contributed by atoms with E-state index < -0.39 is 0 Å². The lowest BCUT2D eigenvalue weighted by molar-refractivity contribution is 1.18. The van der Waals surface area contributed by atoms with E-state index in [1.807, 2.05) is 11.3 Å². The third-order valence-corrected chi connectivity index (χ3v) is 13.3. The SMILES string of the molecule is c1ccc(-c2cccc3cccc(-c4ccccc4N(c4cccc(-c5cccc6c5c5ccccc5n6-c5ccccc5)c4)c4cccc5sc6ccccc6c45)c23)cc1. The van der Waals surface area contributed by atoms with Gasteiger partial charge in [-0.1, -0.05) is 170 Å². The molecule has 0 fully saturated rings.